The van der Waals surface area contributed by atoms with Gasteiger partial charge < -0.3 is 14.4 Å². The van der Waals surface area contributed by atoms with Crippen LogP contribution >= 0.6 is 11.6 Å². The minimum atomic E-state index is -0.108. The predicted octanol–water partition coefficient (Wildman–Crippen LogP) is 4.26. The van der Waals surface area contributed by atoms with Gasteiger partial charge in [0, 0.05) is 26.2 Å². The Morgan fingerprint density at radius 1 is 1.19 bits per heavy atom. The first-order chi connectivity index (χ1) is 15.0. The molecule has 0 spiro atoms. The molecule has 1 amide bonds. The maximum absolute atomic E-state index is 14.1. The third-order valence-electron chi connectivity index (χ3n) is 6.60. The van der Waals surface area contributed by atoms with Gasteiger partial charge in [-0.05, 0) is 54.2 Å². The molecule has 2 aromatic rings. The van der Waals surface area contributed by atoms with Gasteiger partial charge in [-0.15, -0.1) is 0 Å². The fourth-order valence-corrected chi connectivity index (χ4v) is 4.93. The van der Waals surface area contributed by atoms with Crippen LogP contribution in [0.15, 0.2) is 36.4 Å². The van der Waals surface area contributed by atoms with Crippen molar-refractivity contribution in [3.05, 3.63) is 63.9 Å². The number of ether oxygens (including phenoxy) is 2. The number of amides is 1. The molecule has 5 nitrogen and oxygen atoms in total. The van der Waals surface area contributed by atoms with Gasteiger partial charge in [-0.1, -0.05) is 23.7 Å². The lowest BCUT2D eigenvalue weighted by atomic mass is 9.99. The van der Waals surface area contributed by atoms with Gasteiger partial charge in [0.25, 0.3) is 5.91 Å². The number of benzene rings is 2. The molecule has 2 atom stereocenters. The number of hydrogen-bond acceptors (Lipinski definition) is 4. The summed E-state index contributed by atoms with van der Waals surface area (Å²) >= 11 is 6.36. The molecule has 3 aliphatic rings. The summed E-state index contributed by atoms with van der Waals surface area (Å²) in [5.74, 6) is 0.677. The van der Waals surface area contributed by atoms with Crippen molar-refractivity contribution in [2.24, 2.45) is 0 Å². The van der Waals surface area contributed by atoms with Crippen LogP contribution in [0.25, 0.3) is 0 Å². The molecule has 0 aromatic heterocycles. The molecule has 31 heavy (non-hydrogen) atoms. The minimum absolute atomic E-state index is 0.0653. The quantitative estimate of drug-likeness (QED) is 0.706. The predicted molar refractivity (Wildman–Crippen MR) is 116 cm³/mol. The molecule has 3 fully saturated rings. The van der Waals surface area contributed by atoms with Crippen molar-refractivity contribution < 1.29 is 18.7 Å². The Bertz CT molecular complexity index is 997. The number of carbonyl (C=O) groups is 1. The Balaban J connectivity index is 1.26. The van der Waals surface area contributed by atoms with E-state index in [4.69, 9.17) is 21.1 Å². The minimum Gasteiger partial charge on any atom is -0.495 e. The molecular formula is C24H26ClFN2O3. The van der Waals surface area contributed by atoms with E-state index in [2.05, 4.69) is 4.90 Å². The zero-order valence-corrected chi connectivity index (χ0v) is 18.3. The summed E-state index contributed by atoms with van der Waals surface area (Å²) in [6, 6.07) is 10.8. The number of morpholine rings is 1. The Kier molecular flexibility index (Phi) is 5.63. The van der Waals surface area contributed by atoms with Crippen molar-refractivity contribution in [2.45, 2.75) is 30.9 Å². The highest BCUT2D eigenvalue weighted by molar-refractivity contribution is 6.35. The molecule has 1 saturated carbocycles. The summed E-state index contributed by atoms with van der Waals surface area (Å²) in [4.78, 5) is 17.3. The first kappa shape index (κ1) is 20.7. The maximum Gasteiger partial charge on any atom is 0.255 e. The van der Waals surface area contributed by atoms with Crippen molar-refractivity contribution >= 4 is 17.5 Å². The van der Waals surface area contributed by atoms with Gasteiger partial charge >= 0.3 is 0 Å². The molecule has 2 aromatic carbocycles. The fourth-order valence-electron chi connectivity index (χ4n) is 4.64. The first-order valence-corrected chi connectivity index (χ1v) is 11.2. The van der Waals surface area contributed by atoms with Crippen LogP contribution in [0.1, 0.15) is 46.3 Å². The van der Waals surface area contributed by atoms with E-state index in [0.717, 1.165) is 37.1 Å². The van der Waals surface area contributed by atoms with E-state index in [0.29, 0.717) is 41.9 Å². The van der Waals surface area contributed by atoms with Crippen LogP contribution in [0, 0.1) is 5.82 Å². The largest absolute Gasteiger partial charge is 0.495 e. The number of methoxy groups -OCH3 is 1. The van der Waals surface area contributed by atoms with Crippen LogP contribution in [-0.4, -0.2) is 61.6 Å². The first-order valence-electron chi connectivity index (χ1n) is 10.8. The van der Waals surface area contributed by atoms with Crippen molar-refractivity contribution in [3.8, 4) is 5.75 Å². The Morgan fingerprint density at radius 2 is 2.03 bits per heavy atom. The fraction of sp³-hybridized carbons (Fsp3) is 0.458. The van der Waals surface area contributed by atoms with Gasteiger partial charge in [0.1, 0.15) is 11.6 Å². The molecule has 0 N–H and O–H groups in total. The van der Waals surface area contributed by atoms with Gasteiger partial charge in [0.15, 0.2) is 0 Å². The van der Waals surface area contributed by atoms with E-state index in [1.54, 1.807) is 31.4 Å². The molecule has 0 bridgehead atoms. The zero-order chi connectivity index (χ0) is 21.5. The molecule has 1 aliphatic carbocycles. The number of piperazine rings is 1. The lowest BCUT2D eigenvalue weighted by molar-refractivity contribution is -0.0858. The summed E-state index contributed by atoms with van der Waals surface area (Å²) in [6.45, 7) is 3.29. The highest BCUT2D eigenvalue weighted by Gasteiger charge is 2.37. The Labute approximate surface area is 186 Å². The van der Waals surface area contributed by atoms with E-state index in [1.165, 1.54) is 0 Å². The summed E-state index contributed by atoms with van der Waals surface area (Å²) < 4.78 is 25.5. The molecule has 1 unspecified atom stereocenters. The third kappa shape index (κ3) is 4.04. The van der Waals surface area contributed by atoms with E-state index in [9.17, 15) is 9.18 Å². The van der Waals surface area contributed by atoms with Gasteiger partial charge in [0.2, 0.25) is 0 Å². The normalized spacial score (nSPS) is 24.0. The third-order valence-corrected chi connectivity index (χ3v) is 6.99. The van der Waals surface area contributed by atoms with Gasteiger partial charge in [-0.25, -0.2) is 4.39 Å². The molecule has 0 radical (unpaired) electrons. The average molecular weight is 445 g/mol. The van der Waals surface area contributed by atoms with Crippen molar-refractivity contribution in [1.29, 1.82) is 0 Å². The lowest BCUT2D eigenvalue weighted by Crippen LogP contribution is -2.59. The van der Waals surface area contributed by atoms with Gasteiger partial charge in [-0.2, -0.15) is 0 Å². The molecule has 5 rings (SSSR count). The molecule has 2 saturated heterocycles. The van der Waals surface area contributed by atoms with E-state index in [1.807, 2.05) is 17.0 Å². The van der Waals surface area contributed by atoms with E-state index < -0.39 is 0 Å². The van der Waals surface area contributed by atoms with Crippen LogP contribution < -0.4 is 4.74 Å². The monoisotopic (exact) mass is 444 g/mol. The Morgan fingerprint density at radius 3 is 2.81 bits per heavy atom. The van der Waals surface area contributed by atoms with Crippen LogP contribution in [0.2, 0.25) is 5.02 Å². The standard InChI is InChI=1S/C24H26ClFN2O3/c1-30-21-4-2-3-18(23(21)25)24(29)28-10-9-27-13-22(31-14-17(27)12-28)16-7-8-20(26)19(11-16)15-5-6-15/h2-4,7-8,11,15,17,22H,5-6,9-10,12-14H2,1H3/t17-,22?/m0/s1. The van der Waals surface area contributed by atoms with Gasteiger partial charge in [0.05, 0.1) is 36.4 Å². The summed E-state index contributed by atoms with van der Waals surface area (Å²) in [6.07, 6.45) is 2.08. The van der Waals surface area contributed by atoms with Crippen molar-refractivity contribution in [1.82, 2.24) is 9.80 Å². The highest BCUT2D eigenvalue weighted by Crippen LogP contribution is 2.42. The van der Waals surface area contributed by atoms with E-state index >= 15 is 0 Å². The zero-order valence-electron chi connectivity index (χ0n) is 17.5. The van der Waals surface area contributed by atoms with Crippen LogP contribution in [0.4, 0.5) is 4.39 Å². The number of hydrogen-bond donors (Lipinski definition) is 0. The topological polar surface area (TPSA) is 42.0 Å². The van der Waals surface area contributed by atoms with Crippen LogP contribution in [0.3, 0.4) is 0 Å². The van der Waals surface area contributed by atoms with E-state index in [-0.39, 0.29) is 23.9 Å². The molecule has 2 aliphatic heterocycles. The molecule has 7 heteroatoms. The number of fused-ring (bicyclic) bond motifs is 1. The summed E-state index contributed by atoms with van der Waals surface area (Å²) in [5.41, 5.74) is 2.33. The second-order valence-corrected chi connectivity index (χ2v) is 8.98. The maximum atomic E-state index is 14.1. The number of carbonyl (C=O) groups excluding carboxylic acids is 1. The molecule has 2 heterocycles. The summed E-state index contributed by atoms with van der Waals surface area (Å²) in [7, 11) is 1.54. The summed E-state index contributed by atoms with van der Waals surface area (Å²) in [5, 5.41) is 0.347. The number of rotatable bonds is 4. The van der Waals surface area contributed by atoms with Crippen LogP contribution in [-0.2, 0) is 4.74 Å². The molecular weight excluding hydrogens is 419 g/mol. The van der Waals surface area contributed by atoms with Crippen LogP contribution in [0.5, 0.6) is 5.75 Å². The second kappa shape index (κ2) is 8.41. The number of halogens is 2. The second-order valence-electron chi connectivity index (χ2n) is 8.60. The Hall–Kier alpha value is -2.15. The van der Waals surface area contributed by atoms with Crippen molar-refractivity contribution in [2.75, 3.05) is 39.9 Å². The smallest absolute Gasteiger partial charge is 0.255 e. The van der Waals surface area contributed by atoms with Gasteiger partial charge in [-0.3, -0.25) is 9.69 Å². The SMILES string of the molecule is COc1cccc(C(=O)N2CCN3CC(c4ccc(F)c(C5CC5)c4)OC[C@@H]3C2)c1Cl. The molecule has 164 valence electrons. The highest BCUT2D eigenvalue weighted by atomic mass is 35.5. The van der Waals surface area contributed by atoms with Crippen molar-refractivity contribution in [3.63, 3.8) is 0 Å². The lowest BCUT2D eigenvalue weighted by Gasteiger charge is -2.46. The average Bonchev–Trinajstić information content (AvgIpc) is 3.64. The number of nitrogens with zero attached hydrogens (tertiary/aromatic N) is 2.